The Morgan fingerprint density at radius 2 is 1.86 bits per heavy atom. The van der Waals surface area contributed by atoms with Gasteiger partial charge in [0, 0.05) is 25.0 Å². The van der Waals surface area contributed by atoms with E-state index in [0.717, 1.165) is 42.9 Å². The molecule has 2 unspecified atom stereocenters. The molecular weight excluding hydrogens is 444 g/mol. The summed E-state index contributed by atoms with van der Waals surface area (Å²) < 4.78 is 11.0. The summed E-state index contributed by atoms with van der Waals surface area (Å²) in [5.74, 6) is -0.289. The quantitative estimate of drug-likeness (QED) is 0.336. The number of ether oxygens (including phenoxy) is 2. The topological polar surface area (TPSA) is 83.3 Å². The van der Waals surface area contributed by atoms with Crippen LogP contribution in [-0.2, 0) is 16.0 Å². The number of fused-ring (bicyclic) bond motifs is 1. The van der Waals surface area contributed by atoms with E-state index in [1.54, 1.807) is 42.3 Å². The van der Waals surface area contributed by atoms with Crippen LogP contribution in [0.25, 0.3) is 5.76 Å². The smallest absolute Gasteiger partial charge is 0.295 e. The van der Waals surface area contributed by atoms with Crippen LogP contribution >= 0.6 is 0 Å². The van der Waals surface area contributed by atoms with Gasteiger partial charge >= 0.3 is 0 Å². The number of nitrogens with one attached hydrogen (secondary N) is 1. The summed E-state index contributed by atoms with van der Waals surface area (Å²) in [5.41, 5.74) is 2.09. The Hall–Kier alpha value is -3.32. The number of carbonyl (C=O) groups excluding carboxylic acids is 2. The second-order valence-corrected chi connectivity index (χ2v) is 9.26. The molecule has 0 aromatic heterocycles. The van der Waals surface area contributed by atoms with E-state index in [1.807, 2.05) is 19.1 Å². The maximum atomic E-state index is 13.7. The fourth-order valence-electron chi connectivity index (χ4n) is 5.06. The average Bonchev–Trinajstić information content (AvgIpc) is 3.37. The van der Waals surface area contributed by atoms with Crippen molar-refractivity contribution in [1.29, 1.82) is 0 Å². The Labute approximate surface area is 206 Å². The molecule has 2 aliphatic rings. The van der Waals surface area contributed by atoms with Gasteiger partial charge in [-0.1, -0.05) is 24.0 Å². The number of nitrogens with zero attached hydrogens (tertiary/aromatic N) is 1. The standard InChI is InChI=1S/C28H34N2O5/c1-5-29(6-2)14-7-15-30-25(19-8-11-22(34-4)12-9-19)24(27(32)28(30)33)26(31)20-10-13-23-21(17-20)16-18(3)35-23/h8-13,17-18,25,31H,5-7,14-16H2,1-4H3. The van der Waals surface area contributed by atoms with Gasteiger partial charge in [0.1, 0.15) is 17.6 Å². The Kier molecular flexibility index (Phi) is 7.45. The molecule has 0 spiro atoms. The van der Waals surface area contributed by atoms with Crippen LogP contribution in [0.15, 0.2) is 48.0 Å². The van der Waals surface area contributed by atoms with Crippen molar-refractivity contribution in [2.24, 2.45) is 0 Å². The fourth-order valence-corrected chi connectivity index (χ4v) is 5.06. The van der Waals surface area contributed by atoms with Gasteiger partial charge in [0.25, 0.3) is 5.91 Å². The van der Waals surface area contributed by atoms with Crippen molar-refractivity contribution in [3.8, 4) is 11.5 Å². The first-order valence-electron chi connectivity index (χ1n) is 12.4. The summed E-state index contributed by atoms with van der Waals surface area (Å²) in [6.07, 6.45) is 1.51. The van der Waals surface area contributed by atoms with Crippen LogP contribution in [0.4, 0.5) is 0 Å². The second-order valence-electron chi connectivity index (χ2n) is 9.26. The minimum absolute atomic E-state index is 0.0160. The zero-order valence-electron chi connectivity index (χ0n) is 20.9. The lowest BCUT2D eigenvalue weighted by atomic mass is 9.94. The first-order chi connectivity index (χ1) is 16.9. The molecule has 0 radical (unpaired) electrons. The highest BCUT2D eigenvalue weighted by Gasteiger charge is 2.44. The Balaban J connectivity index is 1.73. The molecule has 1 fully saturated rings. The third-order valence-electron chi connectivity index (χ3n) is 7.05. The van der Waals surface area contributed by atoms with Gasteiger partial charge in [-0.3, -0.25) is 9.59 Å². The van der Waals surface area contributed by atoms with E-state index in [2.05, 4.69) is 13.8 Å². The molecule has 1 N–H and O–H groups in total. The maximum Gasteiger partial charge on any atom is 0.295 e. The molecule has 2 heterocycles. The first kappa shape index (κ1) is 24.8. The number of ketones is 1. The minimum atomic E-state index is -0.719. The van der Waals surface area contributed by atoms with Gasteiger partial charge in [0.15, 0.2) is 0 Å². The van der Waals surface area contributed by atoms with E-state index in [-0.39, 0.29) is 11.7 Å². The molecule has 7 heteroatoms. The van der Waals surface area contributed by atoms with Crippen molar-refractivity contribution >= 4 is 17.4 Å². The van der Waals surface area contributed by atoms with E-state index in [4.69, 9.17) is 9.47 Å². The summed E-state index contributed by atoms with van der Waals surface area (Å²) in [6, 6.07) is 11.8. The van der Waals surface area contributed by atoms with Crippen molar-refractivity contribution in [1.82, 2.24) is 4.90 Å². The zero-order valence-corrected chi connectivity index (χ0v) is 20.9. The number of hydrogen-bond donors (Lipinski definition) is 1. The van der Waals surface area contributed by atoms with Gasteiger partial charge in [-0.2, -0.15) is 0 Å². The van der Waals surface area contributed by atoms with Crippen LogP contribution < -0.4 is 19.5 Å². The fraction of sp³-hybridized carbons (Fsp3) is 0.429. The maximum absolute atomic E-state index is 13.7. The van der Waals surface area contributed by atoms with Crippen LogP contribution in [0.2, 0.25) is 0 Å². The van der Waals surface area contributed by atoms with E-state index in [1.165, 1.54) is 4.90 Å². The van der Waals surface area contributed by atoms with Crippen molar-refractivity contribution in [3.63, 3.8) is 0 Å². The Bertz CT molecular complexity index is 1120. The second kappa shape index (κ2) is 10.5. The lowest BCUT2D eigenvalue weighted by Crippen LogP contribution is -3.11. The summed E-state index contributed by atoms with van der Waals surface area (Å²) in [5, 5.41) is 13.7. The monoisotopic (exact) mass is 478 g/mol. The van der Waals surface area contributed by atoms with E-state index in [0.29, 0.717) is 24.3 Å². The number of quaternary nitrogens is 1. The molecule has 1 saturated heterocycles. The highest BCUT2D eigenvalue weighted by Crippen LogP contribution is 2.40. The van der Waals surface area contributed by atoms with Crippen molar-refractivity contribution in [2.45, 2.75) is 45.8 Å². The third kappa shape index (κ3) is 4.91. The predicted molar refractivity (Wildman–Crippen MR) is 131 cm³/mol. The van der Waals surface area contributed by atoms with Gasteiger partial charge in [0.2, 0.25) is 5.78 Å². The van der Waals surface area contributed by atoms with Crippen LogP contribution in [0.1, 0.15) is 49.9 Å². The summed E-state index contributed by atoms with van der Waals surface area (Å²) in [6.45, 7) is 9.56. The van der Waals surface area contributed by atoms with Crippen LogP contribution in [0.5, 0.6) is 11.5 Å². The molecule has 0 bridgehead atoms. The molecule has 0 saturated carbocycles. The predicted octanol–water partition coefficient (Wildman–Crippen LogP) is 1.56. The van der Waals surface area contributed by atoms with Crippen molar-refractivity contribution in [3.05, 3.63) is 64.7 Å². The van der Waals surface area contributed by atoms with E-state index < -0.39 is 23.5 Å². The van der Waals surface area contributed by atoms with E-state index in [9.17, 15) is 14.7 Å². The summed E-state index contributed by atoms with van der Waals surface area (Å²) in [4.78, 5) is 29.4. The SMILES string of the molecule is CC[NH+](CC)CCCN1C(=O)C(=O)C(=C([O-])c2ccc3c(c2)CC(C)O3)C1c1ccc(OC)cc1. The Morgan fingerprint density at radius 1 is 1.14 bits per heavy atom. The number of Topliss-reactive ketones (excluding diaryl/α,β-unsaturated/α-hetero) is 1. The number of carbonyl (C=O) groups is 2. The molecule has 7 nitrogen and oxygen atoms in total. The normalized spacial score (nSPS) is 20.9. The molecule has 4 rings (SSSR count). The van der Waals surface area contributed by atoms with Gasteiger partial charge in [0.05, 0.1) is 32.8 Å². The summed E-state index contributed by atoms with van der Waals surface area (Å²) in [7, 11) is 1.58. The van der Waals surface area contributed by atoms with Gasteiger partial charge < -0.3 is 24.4 Å². The highest BCUT2D eigenvalue weighted by atomic mass is 16.5. The molecule has 2 aliphatic heterocycles. The number of rotatable bonds is 9. The molecule has 2 atom stereocenters. The molecule has 186 valence electrons. The van der Waals surface area contributed by atoms with Crippen LogP contribution in [-0.4, -0.2) is 56.0 Å². The molecule has 0 aliphatic carbocycles. The molecule has 35 heavy (non-hydrogen) atoms. The Morgan fingerprint density at radius 3 is 2.51 bits per heavy atom. The van der Waals surface area contributed by atoms with Gasteiger partial charge in [-0.15, -0.1) is 0 Å². The third-order valence-corrected chi connectivity index (χ3v) is 7.05. The number of benzene rings is 2. The summed E-state index contributed by atoms with van der Waals surface area (Å²) >= 11 is 0. The number of likely N-dealkylation sites (tertiary alicyclic amines) is 1. The lowest BCUT2D eigenvalue weighted by molar-refractivity contribution is -0.896. The highest BCUT2D eigenvalue weighted by molar-refractivity contribution is 6.46. The number of amides is 1. The first-order valence-corrected chi connectivity index (χ1v) is 12.4. The number of hydrogen-bond acceptors (Lipinski definition) is 5. The molecule has 2 aromatic rings. The van der Waals surface area contributed by atoms with Crippen molar-refractivity contribution in [2.75, 3.05) is 33.3 Å². The number of methoxy groups -OCH3 is 1. The van der Waals surface area contributed by atoms with Gasteiger partial charge in [-0.25, -0.2) is 0 Å². The molecule has 2 aromatic carbocycles. The average molecular weight is 479 g/mol. The van der Waals surface area contributed by atoms with Crippen molar-refractivity contribution < 1.29 is 29.1 Å². The lowest BCUT2D eigenvalue weighted by Gasteiger charge is -2.28. The van der Waals surface area contributed by atoms with Gasteiger partial charge in [-0.05, 0) is 61.7 Å². The van der Waals surface area contributed by atoms with Crippen LogP contribution in [0, 0.1) is 0 Å². The van der Waals surface area contributed by atoms with E-state index >= 15 is 0 Å². The largest absolute Gasteiger partial charge is 0.872 e. The minimum Gasteiger partial charge on any atom is -0.872 e. The zero-order chi connectivity index (χ0) is 25.1. The molecule has 1 amide bonds. The molecular formula is C28H34N2O5. The van der Waals surface area contributed by atoms with Crippen LogP contribution in [0.3, 0.4) is 0 Å².